The molecule has 0 saturated heterocycles. The lowest BCUT2D eigenvalue weighted by Crippen LogP contribution is -2.21. The molecule has 8 nitrogen and oxygen atoms in total. The summed E-state index contributed by atoms with van der Waals surface area (Å²) in [5.41, 5.74) is -1.99. The number of nitrogens with one attached hydrogen (secondary N) is 2. The van der Waals surface area contributed by atoms with Gasteiger partial charge in [-0.25, -0.2) is 40.3 Å². The normalized spacial score (nSPS) is 13.7. The van der Waals surface area contributed by atoms with Gasteiger partial charge in [0.1, 0.15) is 34.3 Å². The molecule has 14 heteroatoms. The number of nitrogens with zero attached hydrogens (tertiary/aromatic N) is 3. The number of carbonyl (C=O) groups excluding carboxylic acids is 1. The van der Waals surface area contributed by atoms with E-state index in [9.17, 15) is 30.8 Å². The second-order valence-corrected chi connectivity index (χ2v) is 10.0. The van der Waals surface area contributed by atoms with E-state index in [1.165, 1.54) is 12.5 Å². The van der Waals surface area contributed by atoms with Crippen LogP contribution in [0.5, 0.6) is 0 Å². The molecule has 2 aromatic carbocycles. The molecule has 2 heterocycles. The lowest BCUT2D eigenvalue weighted by Gasteiger charge is -2.18. The Bertz CT molecular complexity index is 1690. The number of aromatic nitrogens is 3. The van der Waals surface area contributed by atoms with Gasteiger partial charge in [-0.2, -0.15) is 0 Å². The lowest BCUT2D eigenvalue weighted by atomic mass is 10.0. The van der Waals surface area contributed by atoms with Gasteiger partial charge >= 0.3 is 0 Å². The number of hydrogen-bond acceptors (Lipinski definition) is 6. The molecule has 0 aliphatic heterocycles. The molecule has 0 radical (unpaired) electrons. The van der Waals surface area contributed by atoms with Crippen molar-refractivity contribution in [1.29, 1.82) is 0 Å². The van der Waals surface area contributed by atoms with Crippen LogP contribution in [0.4, 0.5) is 33.5 Å². The minimum atomic E-state index is -5.09. The van der Waals surface area contributed by atoms with Gasteiger partial charge in [-0.05, 0) is 31.0 Å². The van der Waals surface area contributed by atoms with E-state index in [1.54, 1.807) is 11.8 Å². The molecule has 1 fully saturated rings. The molecule has 37 heavy (non-hydrogen) atoms. The predicted molar refractivity (Wildman–Crippen MR) is 122 cm³/mol. The summed E-state index contributed by atoms with van der Waals surface area (Å²) in [5.74, 6) is -8.80. The number of anilines is 2. The van der Waals surface area contributed by atoms with Gasteiger partial charge in [-0.3, -0.25) is 9.52 Å². The van der Waals surface area contributed by atoms with E-state index in [4.69, 9.17) is 0 Å². The van der Waals surface area contributed by atoms with Crippen LogP contribution in [0.15, 0.2) is 41.7 Å². The van der Waals surface area contributed by atoms with Crippen molar-refractivity contribution in [2.24, 2.45) is 0 Å². The van der Waals surface area contributed by atoms with Crippen molar-refractivity contribution in [3.05, 3.63) is 77.0 Å². The summed E-state index contributed by atoms with van der Waals surface area (Å²) in [7, 11) is -3.33. The zero-order valence-corrected chi connectivity index (χ0v) is 19.6. The molecule has 2 N–H and O–H groups in total. The highest BCUT2D eigenvalue weighted by molar-refractivity contribution is 7.92. The maximum absolute atomic E-state index is 15.4. The molecule has 1 aliphatic carbocycles. The fraction of sp³-hybridized carbons (Fsp3) is 0.174. The number of rotatable bonds is 7. The largest absolute Gasteiger partial charge is 0.356 e. The fourth-order valence-electron chi connectivity index (χ4n) is 3.93. The van der Waals surface area contributed by atoms with Gasteiger partial charge in [0.15, 0.2) is 17.5 Å². The number of fused-ring (bicyclic) bond motifs is 1. The summed E-state index contributed by atoms with van der Waals surface area (Å²) in [6, 6.07) is 1.77. The van der Waals surface area contributed by atoms with Gasteiger partial charge in [-0.1, -0.05) is 0 Å². The molecule has 1 aliphatic rings. The molecular formula is C23H16F5N5O3S. The highest BCUT2D eigenvalue weighted by atomic mass is 32.2. The number of ketones is 1. The van der Waals surface area contributed by atoms with E-state index >= 15 is 4.39 Å². The number of hydrogen-bond donors (Lipinski definition) is 2. The van der Waals surface area contributed by atoms with Crippen molar-refractivity contribution >= 4 is 38.3 Å². The molecule has 5 rings (SSSR count). The van der Waals surface area contributed by atoms with Crippen molar-refractivity contribution in [2.75, 3.05) is 16.7 Å². The Morgan fingerprint density at radius 1 is 1.05 bits per heavy atom. The summed E-state index contributed by atoms with van der Waals surface area (Å²) in [6.07, 6.45) is 4.27. The van der Waals surface area contributed by atoms with E-state index in [1.807, 2.05) is 4.90 Å². The summed E-state index contributed by atoms with van der Waals surface area (Å²) < 4.78 is 98.1. The maximum atomic E-state index is 15.4. The molecule has 2 aromatic heterocycles. The number of sulfonamides is 1. The first-order valence-corrected chi connectivity index (χ1v) is 12.2. The summed E-state index contributed by atoms with van der Waals surface area (Å²) in [4.78, 5) is 24.7. The zero-order chi connectivity index (χ0) is 26.6. The lowest BCUT2D eigenvalue weighted by molar-refractivity contribution is 0.103. The van der Waals surface area contributed by atoms with Crippen LogP contribution >= 0.6 is 0 Å². The predicted octanol–water partition coefficient (Wildman–Crippen LogP) is 4.28. The second-order valence-electron chi connectivity index (χ2n) is 8.38. The van der Waals surface area contributed by atoms with E-state index in [0.29, 0.717) is 18.0 Å². The third-order valence-electron chi connectivity index (χ3n) is 5.93. The third-order valence-corrected chi connectivity index (χ3v) is 7.30. The van der Waals surface area contributed by atoms with Crippen LogP contribution in [0.2, 0.25) is 0 Å². The highest BCUT2D eigenvalue weighted by Gasteiger charge is 2.32. The molecule has 0 atom stereocenters. The number of benzene rings is 2. The summed E-state index contributed by atoms with van der Waals surface area (Å²) >= 11 is 0. The van der Waals surface area contributed by atoms with E-state index < -0.39 is 61.0 Å². The van der Waals surface area contributed by atoms with Crippen molar-refractivity contribution in [3.63, 3.8) is 0 Å². The highest BCUT2D eigenvalue weighted by Crippen LogP contribution is 2.35. The number of halogens is 5. The first kappa shape index (κ1) is 24.6. The van der Waals surface area contributed by atoms with Gasteiger partial charge in [0.05, 0.1) is 22.2 Å². The van der Waals surface area contributed by atoms with E-state index in [2.05, 4.69) is 15.0 Å². The van der Waals surface area contributed by atoms with Crippen molar-refractivity contribution in [3.8, 4) is 0 Å². The molecule has 192 valence electrons. The van der Waals surface area contributed by atoms with Crippen LogP contribution in [0, 0.1) is 29.1 Å². The van der Waals surface area contributed by atoms with Crippen LogP contribution in [-0.4, -0.2) is 42.2 Å². The standard InChI is InChI=1S/C23H16F5N5O3S/c1-33(11-2-3-11)23-17-12(8-29-22(17)30-9-31-23)21(34)18-13(25)4-5-15(20(18)28)32-37(35,36)16-7-10(24)6-14(26)19(16)27/h4-9,11,32H,2-3H2,1H3,(H,29,30,31). The fourth-order valence-corrected chi connectivity index (χ4v) is 5.09. The van der Waals surface area contributed by atoms with Gasteiger partial charge in [0.25, 0.3) is 10.0 Å². The van der Waals surface area contributed by atoms with Crippen LogP contribution in [0.25, 0.3) is 11.0 Å². The smallest absolute Gasteiger partial charge is 0.265 e. The average molecular weight is 537 g/mol. The molecule has 1 saturated carbocycles. The molecule has 0 spiro atoms. The Hall–Kier alpha value is -4.07. The van der Waals surface area contributed by atoms with E-state index in [-0.39, 0.29) is 34.8 Å². The Labute approximate surface area is 206 Å². The average Bonchev–Trinajstić information content (AvgIpc) is 3.60. The third kappa shape index (κ3) is 4.26. The number of H-pyrrole nitrogens is 1. The number of aromatic amines is 1. The van der Waals surface area contributed by atoms with Crippen LogP contribution < -0.4 is 9.62 Å². The summed E-state index contributed by atoms with van der Waals surface area (Å²) in [6.45, 7) is 0. The number of carbonyl (C=O) groups is 1. The van der Waals surface area contributed by atoms with E-state index in [0.717, 1.165) is 12.8 Å². The molecule has 0 amide bonds. The van der Waals surface area contributed by atoms with Crippen molar-refractivity contribution in [2.45, 2.75) is 23.8 Å². The van der Waals surface area contributed by atoms with Gasteiger partial charge in [0, 0.05) is 25.4 Å². The first-order valence-electron chi connectivity index (χ1n) is 10.7. The van der Waals surface area contributed by atoms with Crippen LogP contribution in [0.3, 0.4) is 0 Å². The quantitative estimate of drug-likeness (QED) is 0.207. The SMILES string of the molecule is CN(c1ncnc2[nH]cc(C(=O)c3c(F)ccc(NS(=O)(=O)c4cc(F)cc(F)c4F)c3F)c12)C1CC1. The first-order chi connectivity index (χ1) is 17.5. The Kier molecular flexibility index (Phi) is 5.85. The van der Waals surface area contributed by atoms with Gasteiger partial charge < -0.3 is 9.88 Å². The topological polar surface area (TPSA) is 108 Å². The summed E-state index contributed by atoms with van der Waals surface area (Å²) in [5, 5.41) is 0.212. The molecular weight excluding hydrogens is 521 g/mol. The second kappa shape index (κ2) is 8.80. The van der Waals surface area contributed by atoms with Gasteiger partial charge in [0.2, 0.25) is 5.78 Å². The van der Waals surface area contributed by atoms with Crippen molar-refractivity contribution in [1.82, 2.24) is 15.0 Å². The van der Waals surface area contributed by atoms with Crippen LogP contribution in [0.1, 0.15) is 28.8 Å². The van der Waals surface area contributed by atoms with Crippen molar-refractivity contribution < 1.29 is 35.2 Å². The Morgan fingerprint density at radius 2 is 1.78 bits per heavy atom. The zero-order valence-electron chi connectivity index (χ0n) is 18.8. The minimum absolute atomic E-state index is 0.128. The molecule has 4 aromatic rings. The Balaban J connectivity index is 1.58. The van der Waals surface area contributed by atoms with Gasteiger partial charge in [-0.15, -0.1) is 0 Å². The maximum Gasteiger partial charge on any atom is 0.265 e. The minimum Gasteiger partial charge on any atom is -0.356 e. The molecule has 0 unspecified atom stereocenters. The Morgan fingerprint density at radius 3 is 2.49 bits per heavy atom. The monoisotopic (exact) mass is 537 g/mol. The molecule has 0 bridgehead atoms. The van der Waals surface area contributed by atoms with Crippen LogP contribution in [-0.2, 0) is 10.0 Å².